The van der Waals surface area contributed by atoms with Gasteiger partial charge in [-0.1, -0.05) is 24.6 Å². The molecule has 146 valence electrons. The van der Waals surface area contributed by atoms with Crippen molar-refractivity contribution in [2.75, 3.05) is 18.0 Å². The number of aryl methyl sites for hydroxylation is 1. The molecule has 2 fully saturated rings. The van der Waals surface area contributed by atoms with Crippen molar-refractivity contribution >= 4 is 17.5 Å². The Morgan fingerprint density at radius 1 is 1.21 bits per heavy atom. The highest BCUT2D eigenvalue weighted by molar-refractivity contribution is 5.96. The molecule has 1 N–H and O–H groups in total. The van der Waals surface area contributed by atoms with E-state index in [1.54, 1.807) is 11.8 Å². The lowest BCUT2D eigenvalue weighted by atomic mass is 9.83. The third kappa shape index (κ3) is 3.59. The highest BCUT2D eigenvalue weighted by Crippen LogP contribution is 2.36. The van der Waals surface area contributed by atoms with E-state index >= 15 is 0 Å². The first-order valence-corrected chi connectivity index (χ1v) is 9.81. The number of carbonyl (C=O) groups is 2. The number of nitrogens with one attached hydrogen (secondary N) is 1. The summed E-state index contributed by atoms with van der Waals surface area (Å²) >= 11 is 0. The van der Waals surface area contributed by atoms with Crippen LogP contribution in [0.15, 0.2) is 45.6 Å². The Morgan fingerprint density at radius 3 is 2.61 bits per heavy atom. The normalized spacial score (nSPS) is 19.5. The lowest BCUT2D eigenvalue weighted by molar-refractivity contribution is -0.117. The summed E-state index contributed by atoms with van der Waals surface area (Å²) in [6.07, 6.45) is 3.59. The van der Waals surface area contributed by atoms with E-state index in [9.17, 15) is 14.4 Å². The van der Waals surface area contributed by atoms with Crippen molar-refractivity contribution in [3.05, 3.63) is 63.7 Å². The van der Waals surface area contributed by atoms with Crippen molar-refractivity contribution in [2.24, 2.45) is 5.92 Å². The van der Waals surface area contributed by atoms with E-state index < -0.39 is 11.5 Å². The lowest BCUT2D eigenvalue weighted by Gasteiger charge is -2.24. The molecule has 1 atom stereocenters. The smallest absolute Gasteiger partial charge is 0.349 e. The van der Waals surface area contributed by atoms with Crippen LogP contribution in [0.1, 0.15) is 53.3 Å². The van der Waals surface area contributed by atoms with Crippen molar-refractivity contribution in [3.8, 4) is 0 Å². The number of rotatable bonds is 5. The quantitative estimate of drug-likeness (QED) is 0.865. The van der Waals surface area contributed by atoms with Crippen LogP contribution in [0.4, 0.5) is 5.69 Å². The number of hydrogen-bond acceptors (Lipinski definition) is 4. The van der Waals surface area contributed by atoms with Crippen molar-refractivity contribution < 1.29 is 14.0 Å². The molecule has 4 rings (SSSR count). The van der Waals surface area contributed by atoms with Crippen molar-refractivity contribution in [1.29, 1.82) is 0 Å². The van der Waals surface area contributed by atoms with Gasteiger partial charge in [-0.05, 0) is 43.5 Å². The summed E-state index contributed by atoms with van der Waals surface area (Å²) in [4.78, 5) is 38.9. The molecule has 1 aliphatic heterocycles. The van der Waals surface area contributed by atoms with Gasteiger partial charge in [0.2, 0.25) is 5.91 Å². The van der Waals surface area contributed by atoms with Crippen LogP contribution in [0.3, 0.4) is 0 Å². The van der Waals surface area contributed by atoms with Gasteiger partial charge in [0.25, 0.3) is 5.91 Å². The first-order chi connectivity index (χ1) is 13.5. The van der Waals surface area contributed by atoms with E-state index in [4.69, 9.17) is 4.42 Å². The van der Waals surface area contributed by atoms with E-state index in [0.717, 1.165) is 24.9 Å². The maximum absolute atomic E-state index is 12.6. The zero-order valence-electron chi connectivity index (χ0n) is 15.9. The number of anilines is 1. The number of carbonyl (C=O) groups excluding carboxylic acids is 2. The minimum absolute atomic E-state index is 0.0123. The Balaban J connectivity index is 1.40. The summed E-state index contributed by atoms with van der Waals surface area (Å²) < 4.78 is 5.40. The third-order valence-electron chi connectivity index (χ3n) is 5.73. The van der Waals surface area contributed by atoms with Crippen molar-refractivity contribution in [3.63, 3.8) is 0 Å². The molecule has 1 aromatic heterocycles. The molecule has 2 aliphatic rings. The second-order valence-corrected chi connectivity index (χ2v) is 7.74. The van der Waals surface area contributed by atoms with Gasteiger partial charge in [0.1, 0.15) is 11.3 Å². The van der Waals surface area contributed by atoms with Gasteiger partial charge in [-0.2, -0.15) is 0 Å². The van der Waals surface area contributed by atoms with Crippen molar-refractivity contribution in [2.45, 2.75) is 38.5 Å². The topological polar surface area (TPSA) is 79.6 Å². The highest BCUT2D eigenvalue weighted by atomic mass is 16.4. The summed E-state index contributed by atoms with van der Waals surface area (Å²) in [5, 5.41) is 2.81. The minimum Gasteiger partial charge on any atom is -0.427 e. The maximum Gasteiger partial charge on any atom is 0.349 e. The molecule has 2 aromatic rings. The number of nitrogens with zero attached hydrogens (tertiary/aromatic N) is 1. The Bertz CT molecular complexity index is 947. The first-order valence-electron chi connectivity index (χ1n) is 9.81. The molecule has 1 unspecified atom stereocenters. The fourth-order valence-corrected chi connectivity index (χ4v) is 3.90. The summed E-state index contributed by atoms with van der Waals surface area (Å²) in [5.41, 5.74) is 0.994. The van der Waals surface area contributed by atoms with E-state index in [-0.39, 0.29) is 17.4 Å². The molecular weight excluding hydrogens is 356 g/mol. The van der Waals surface area contributed by atoms with Gasteiger partial charge >= 0.3 is 5.63 Å². The maximum atomic E-state index is 12.6. The number of para-hydroxylation sites is 1. The predicted octanol–water partition coefficient (Wildman–Crippen LogP) is 3.00. The van der Waals surface area contributed by atoms with Gasteiger partial charge in [-0.25, -0.2) is 4.79 Å². The molecule has 2 heterocycles. The Labute approximate surface area is 163 Å². The third-order valence-corrected chi connectivity index (χ3v) is 5.73. The Hall–Kier alpha value is -2.89. The second-order valence-electron chi connectivity index (χ2n) is 7.74. The molecule has 1 saturated carbocycles. The van der Waals surface area contributed by atoms with Crippen LogP contribution in [0.5, 0.6) is 0 Å². The summed E-state index contributed by atoms with van der Waals surface area (Å²) in [5.74, 6) is 0.614. The van der Waals surface area contributed by atoms with Crippen LogP contribution >= 0.6 is 0 Å². The van der Waals surface area contributed by atoms with E-state index in [1.807, 2.05) is 36.4 Å². The van der Waals surface area contributed by atoms with Crippen LogP contribution in [-0.4, -0.2) is 24.9 Å². The Kier molecular flexibility index (Phi) is 5.03. The summed E-state index contributed by atoms with van der Waals surface area (Å²) in [6.45, 7) is 2.67. The van der Waals surface area contributed by atoms with Gasteiger partial charge in [0.15, 0.2) is 0 Å². The molecule has 0 radical (unpaired) electrons. The van der Waals surface area contributed by atoms with Gasteiger partial charge in [0, 0.05) is 37.0 Å². The van der Waals surface area contributed by atoms with Gasteiger partial charge in [-0.15, -0.1) is 0 Å². The zero-order chi connectivity index (χ0) is 19.7. The molecular formula is C22H24N2O4. The lowest BCUT2D eigenvalue weighted by Crippen LogP contribution is -2.34. The Morgan fingerprint density at radius 2 is 1.96 bits per heavy atom. The molecule has 28 heavy (non-hydrogen) atoms. The standard InChI is InChI=1S/C22H24N2O4/c1-14-10-18(16-6-5-7-16)28-22(27)20(14)21(26)23-12-15-11-19(25)24(13-15)17-8-3-2-4-9-17/h2-4,8-10,15-16H,5-7,11-13H2,1H3,(H,23,26). The zero-order valence-corrected chi connectivity index (χ0v) is 15.9. The molecule has 6 heteroatoms. The molecule has 6 nitrogen and oxygen atoms in total. The van der Waals surface area contributed by atoms with Crippen LogP contribution in [0.25, 0.3) is 0 Å². The minimum atomic E-state index is -0.576. The monoisotopic (exact) mass is 380 g/mol. The van der Waals surface area contributed by atoms with Crippen LogP contribution < -0.4 is 15.8 Å². The number of hydrogen-bond donors (Lipinski definition) is 1. The number of benzene rings is 1. The first kappa shape index (κ1) is 18.5. The predicted molar refractivity (Wildman–Crippen MR) is 106 cm³/mol. The molecule has 1 aliphatic carbocycles. The second kappa shape index (κ2) is 7.62. The van der Waals surface area contributed by atoms with Crippen LogP contribution in [-0.2, 0) is 4.79 Å². The van der Waals surface area contributed by atoms with E-state index in [1.165, 1.54) is 0 Å². The van der Waals surface area contributed by atoms with E-state index in [2.05, 4.69) is 5.32 Å². The largest absolute Gasteiger partial charge is 0.427 e. The summed E-state index contributed by atoms with van der Waals surface area (Å²) in [6, 6.07) is 11.3. The number of amides is 2. The molecule has 0 bridgehead atoms. The average Bonchev–Trinajstić information content (AvgIpc) is 2.99. The SMILES string of the molecule is Cc1cc(C2CCC2)oc(=O)c1C(=O)NCC1CC(=O)N(c2ccccc2)C1. The van der Waals surface area contributed by atoms with Crippen LogP contribution in [0.2, 0.25) is 0 Å². The summed E-state index contributed by atoms with van der Waals surface area (Å²) in [7, 11) is 0. The van der Waals surface area contributed by atoms with Gasteiger partial charge in [0.05, 0.1) is 0 Å². The van der Waals surface area contributed by atoms with E-state index in [0.29, 0.717) is 36.8 Å². The highest BCUT2D eigenvalue weighted by Gasteiger charge is 2.31. The fourth-order valence-electron chi connectivity index (χ4n) is 3.90. The molecule has 2 amide bonds. The molecule has 0 spiro atoms. The molecule has 1 aromatic carbocycles. The van der Waals surface area contributed by atoms with Crippen LogP contribution in [0, 0.1) is 12.8 Å². The fraction of sp³-hybridized carbons (Fsp3) is 0.409. The average molecular weight is 380 g/mol. The van der Waals surface area contributed by atoms with Gasteiger partial charge < -0.3 is 14.6 Å². The van der Waals surface area contributed by atoms with Gasteiger partial charge in [-0.3, -0.25) is 9.59 Å². The van der Waals surface area contributed by atoms with Crippen molar-refractivity contribution in [1.82, 2.24) is 5.32 Å². The molecule has 1 saturated heterocycles.